The summed E-state index contributed by atoms with van der Waals surface area (Å²) in [5.74, 6) is -7.49. The van der Waals surface area contributed by atoms with E-state index in [1.54, 1.807) is 56.3 Å². The van der Waals surface area contributed by atoms with Crippen LogP contribution in [0.25, 0.3) is 0 Å². The molecule has 2 aromatic rings. The lowest BCUT2D eigenvalue weighted by Gasteiger charge is -2.32. The molecule has 3 rings (SSSR count). The van der Waals surface area contributed by atoms with E-state index in [-0.39, 0.29) is 35.8 Å². The van der Waals surface area contributed by atoms with Gasteiger partial charge in [-0.25, -0.2) is 4.79 Å². The fourth-order valence-electron chi connectivity index (χ4n) is 6.60. The molecule has 0 aromatic heterocycles. The average molecular weight is 749 g/mol. The number of carboxylic acid groups (broad SMARTS) is 1. The highest BCUT2D eigenvalue weighted by Crippen LogP contribution is 2.27. The predicted octanol–water partition coefficient (Wildman–Crippen LogP) is 2.22. The molecule has 0 bridgehead atoms. The normalized spacial score (nSPS) is 15.1. The van der Waals surface area contributed by atoms with E-state index in [1.165, 1.54) is 6.07 Å². The Hall–Kier alpha value is -5.60. The van der Waals surface area contributed by atoms with Crippen molar-refractivity contribution >= 4 is 47.2 Å². The van der Waals surface area contributed by atoms with Crippen LogP contribution in [-0.4, -0.2) is 77.0 Å². The van der Waals surface area contributed by atoms with Gasteiger partial charge in [0.2, 0.25) is 29.4 Å². The Morgan fingerprint density at radius 1 is 0.815 bits per heavy atom. The van der Waals surface area contributed by atoms with Crippen LogP contribution in [0.3, 0.4) is 0 Å². The Morgan fingerprint density at radius 2 is 1.46 bits per heavy atom. The molecule has 15 nitrogen and oxygen atoms in total. The number of carbonyl (C=O) groups is 8. The second-order valence-corrected chi connectivity index (χ2v) is 14.1. The lowest BCUT2D eigenvalue weighted by atomic mass is 9.83. The molecule has 1 fully saturated rings. The summed E-state index contributed by atoms with van der Waals surface area (Å²) in [6, 6.07) is 8.07. The molecule has 4 atom stereocenters. The zero-order chi connectivity index (χ0) is 39.9. The molecule has 1 saturated carbocycles. The van der Waals surface area contributed by atoms with Gasteiger partial charge in [0.05, 0.1) is 23.7 Å². The van der Waals surface area contributed by atoms with Crippen LogP contribution in [0.4, 0.5) is 0 Å². The van der Waals surface area contributed by atoms with Gasteiger partial charge in [-0.3, -0.25) is 33.6 Å². The van der Waals surface area contributed by atoms with E-state index in [0.717, 1.165) is 19.3 Å². The summed E-state index contributed by atoms with van der Waals surface area (Å²) in [7, 11) is 0. The first-order valence-corrected chi connectivity index (χ1v) is 18.3. The minimum Gasteiger partial charge on any atom is -0.478 e. The van der Waals surface area contributed by atoms with Crippen molar-refractivity contribution in [3.8, 4) is 0 Å². The fourth-order valence-corrected chi connectivity index (χ4v) is 6.60. The van der Waals surface area contributed by atoms with Gasteiger partial charge in [-0.2, -0.15) is 0 Å². The minimum atomic E-state index is -1.29. The quantitative estimate of drug-likeness (QED) is 0.104. The maximum absolute atomic E-state index is 14.0. The van der Waals surface area contributed by atoms with Crippen molar-refractivity contribution in [1.82, 2.24) is 26.6 Å². The third kappa shape index (κ3) is 12.2. The fraction of sp³-hybridized carbons (Fsp3) is 0.487. The summed E-state index contributed by atoms with van der Waals surface area (Å²) in [5.41, 5.74) is 6.00. The third-order valence-corrected chi connectivity index (χ3v) is 9.33. The van der Waals surface area contributed by atoms with E-state index < -0.39 is 77.9 Å². The molecule has 6 amide bonds. The van der Waals surface area contributed by atoms with Gasteiger partial charge < -0.3 is 37.4 Å². The highest BCUT2D eigenvalue weighted by Gasteiger charge is 2.36. The Morgan fingerprint density at radius 3 is 2.06 bits per heavy atom. The van der Waals surface area contributed by atoms with Gasteiger partial charge in [0.15, 0.2) is 0 Å². The van der Waals surface area contributed by atoms with E-state index in [9.17, 15) is 43.5 Å². The SMILES string of the molecule is CCCC(NC(=O)[C@H](CC(C)C)NC(=O)[C@@H](NC(=O)c1cccc(C)c1C(=O)O)C1CCCCC1)C(=O)C(=O)NCC(=O)N[C@H](C(N)=O)c1ccccc1. The molecule has 0 heterocycles. The van der Waals surface area contributed by atoms with Crippen molar-refractivity contribution < 1.29 is 43.5 Å². The van der Waals surface area contributed by atoms with Crippen LogP contribution in [0.1, 0.15) is 110 Å². The minimum absolute atomic E-state index is 0.0768. The molecule has 0 radical (unpaired) electrons. The first-order valence-electron chi connectivity index (χ1n) is 18.3. The van der Waals surface area contributed by atoms with Crippen LogP contribution in [0, 0.1) is 18.8 Å². The maximum atomic E-state index is 14.0. The Kier molecular flexibility index (Phi) is 16.3. The van der Waals surface area contributed by atoms with Crippen molar-refractivity contribution in [2.24, 2.45) is 17.6 Å². The first-order chi connectivity index (χ1) is 25.6. The van der Waals surface area contributed by atoms with Crippen molar-refractivity contribution in [3.05, 3.63) is 70.8 Å². The number of carbonyl (C=O) groups excluding carboxylic acids is 7. The van der Waals surface area contributed by atoms with Crippen LogP contribution >= 0.6 is 0 Å². The number of hydrogen-bond acceptors (Lipinski definition) is 8. The second kappa shape index (κ2) is 20.6. The number of carboxylic acids is 1. The lowest BCUT2D eigenvalue weighted by molar-refractivity contribution is -0.141. The highest BCUT2D eigenvalue weighted by molar-refractivity contribution is 6.38. The van der Waals surface area contributed by atoms with Crippen molar-refractivity contribution in [2.45, 2.75) is 103 Å². The Balaban J connectivity index is 1.74. The second-order valence-electron chi connectivity index (χ2n) is 14.1. The molecule has 292 valence electrons. The van der Waals surface area contributed by atoms with E-state index >= 15 is 0 Å². The van der Waals surface area contributed by atoms with Crippen molar-refractivity contribution in [3.63, 3.8) is 0 Å². The predicted molar refractivity (Wildman–Crippen MR) is 199 cm³/mol. The highest BCUT2D eigenvalue weighted by atomic mass is 16.4. The average Bonchev–Trinajstić information content (AvgIpc) is 3.14. The van der Waals surface area contributed by atoms with E-state index in [4.69, 9.17) is 5.73 Å². The Labute approximate surface area is 315 Å². The van der Waals surface area contributed by atoms with Crippen LogP contribution in [-0.2, 0) is 28.8 Å². The number of Topliss-reactive ketones (excluding diaryl/α,β-unsaturated/α-hetero) is 1. The summed E-state index contributed by atoms with van der Waals surface area (Å²) in [6.07, 6.45) is 4.52. The molecular formula is C39H52N6O9. The van der Waals surface area contributed by atoms with E-state index in [0.29, 0.717) is 30.4 Å². The molecule has 1 aliphatic carbocycles. The topological polar surface area (TPSA) is 243 Å². The summed E-state index contributed by atoms with van der Waals surface area (Å²) in [5, 5.41) is 22.6. The number of ketones is 1. The van der Waals surface area contributed by atoms with E-state index in [1.807, 2.05) is 13.8 Å². The molecule has 54 heavy (non-hydrogen) atoms. The zero-order valence-electron chi connectivity index (χ0n) is 31.2. The van der Waals surface area contributed by atoms with Gasteiger partial charge in [0.25, 0.3) is 11.8 Å². The number of rotatable bonds is 19. The first kappa shape index (κ1) is 42.8. The van der Waals surface area contributed by atoms with Gasteiger partial charge in [0, 0.05) is 0 Å². The largest absolute Gasteiger partial charge is 0.478 e. The van der Waals surface area contributed by atoms with Gasteiger partial charge in [-0.05, 0) is 61.6 Å². The number of aromatic carboxylic acids is 1. The number of primary amides is 1. The van der Waals surface area contributed by atoms with Crippen molar-refractivity contribution in [2.75, 3.05) is 6.54 Å². The molecule has 1 aliphatic rings. The lowest BCUT2D eigenvalue weighted by Crippen LogP contribution is -2.58. The van der Waals surface area contributed by atoms with E-state index in [2.05, 4.69) is 26.6 Å². The maximum Gasteiger partial charge on any atom is 0.336 e. The van der Waals surface area contributed by atoms with Crippen LogP contribution < -0.4 is 32.3 Å². The zero-order valence-corrected chi connectivity index (χ0v) is 31.2. The molecule has 0 spiro atoms. The number of amides is 6. The number of benzene rings is 2. The van der Waals surface area contributed by atoms with Crippen molar-refractivity contribution in [1.29, 1.82) is 0 Å². The smallest absolute Gasteiger partial charge is 0.336 e. The van der Waals surface area contributed by atoms with Crippen LogP contribution in [0.2, 0.25) is 0 Å². The van der Waals surface area contributed by atoms with Gasteiger partial charge in [-0.15, -0.1) is 0 Å². The van der Waals surface area contributed by atoms with Gasteiger partial charge in [0.1, 0.15) is 18.1 Å². The summed E-state index contributed by atoms with van der Waals surface area (Å²) < 4.78 is 0. The molecule has 2 aromatic carbocycles. The Bertz CT molecular complexity index is 1690. The number of aryl methyl sites for hydroxylation is 1. The summed E-state index contributed by atoms with van der Waals surface area (Å²) in [4.78, 5) is 104. The van der Waals surface area contributed by atoms with Crippen LogP contribution in [0.15, 0.2) is 48.5 Å². The van der Waals surface area contributed by atoms with Gasteiger partial charge >= 0.3 is 5.97 Å². The van der Waals surface area contributed by atoms with Crippen LogP contribution in [0.5, 0.6) is 0 Å². The monoisotopic (exact) mass is 748 g/mol. The third-order valence-electron chi connectivity index (χ3n) is 9.33. The summed E-state index contributed by atoms with van der Waals surface area (Å²) >= 11 is 0. The van der Waals surface area contributed by atoms with Gasteiger partial charge in [-0.1, -0.05) is 88.9 Å². The molecule has 1 unspecified atom stereocenters. The molecule has 0 saturated heterocycles. The number of nitrogens with one attached hydrogen (secondary N) is 5. The number of hydrogen-bond donors (Lipinski definition) is 7. The molecule has 0 aliphatic heterocycles. The molecule has 15 heteroatoms. The standard InChI is InChI=1S/C39H52N6O9/c1-5-13-27(33(47)38(52)41-21-29(46)44-31(34(40)48)24-15-8-6-9-16-24)42-36(50)28(20-22(2)3)43-37(51)32(25-17-10-7-11-18-25)45-35(49)26-19-12-14-23(4)30(26)39(53)54/h6,8-9,12,14-16,19,22,25,27-28,31-32H,5,7,10-11,13,17-18,20-21H2,1-4H3,(H2,40,48)(H,41,52)(H,42,50)(H,43,51)(H,44,46)(H,45,49)(H,53,54)/t27?,28-,31-,32-/m0/s1. The molecule has 8 N–H and O–H groups in total. The number of nitrogens with two attached hydrogens (primary N) is 1. The molecular weight excluding hydrogens is 696 g/mol. The summed E-state index contributed by atoms with van der Waals surface area (Å²) in [6.45, 7) is 6.36.